The molecule has 0 aliphatic carbocycles. The van der Waals surface area contributed by atoms with Crippen molar-refractivity contribution in [3.63, 3.8) is 0 Å². The van der Waals surface area contributed by atoms with Gasteiger partial charge in [0.05, 0.1) is 10.5 Å². The van der Waals surface area contributed by atoms with E-state index in [9.17, 15) is 26.4 Å². The predicted octanol–water partition coefficient (Wildman–Crippen LogP) is 1.90. The monoisotopic (exact) mass is 350 g/mol. The quantitative estimate of drug-likeness (QED) is 0.904. The van der Waals surface area contributed by atoms with Gasteiger partial charge >= 0.3 is 6.18 Å². The van der Waals surface area contributed by atoms with Crippen LogP contribution in [0.4, 0.5) is 13.2 Å². The summed E-state index contributed by atoms with van der Waals surface area (Å²) >= 11 is 0. The summed E-state index contributed by atoms with van der Waals surface area (Å²) in [5, 5.41) is 0. The molecule has 5 nitrogen and oxygen atoms in total. The van der Waals surface area contributed by atoms with Crippen molar-refractivity contribution in [2.24, 2.45) is 11.7 Å². The number of amides is 1. The third-order valence-electron chi connectivity index (χ3n) is 4.01. The highest BCUT2D eigenvalue weighted by atomic mass is 32.2. The summed E-state index contributed by atoms with van der Waals surface area (Å²) in [5.41, 5.74) is 4.18. The second kappa shape index (κ2) is 6.12. The van der Waals surface area contributed by atoms with Gasteiger partial charge in [0.2, 0.25) is 15.9 Å². The van der Waals surface area contributed by atoms with Crippen LogP contribution in [0.3, 0.4) is 0 Å². The van der Waals surface area contributed by atoms with Crippen molar-refractivity contribution in [1.29, 1.82) is 0 Å². The Labute approximate surface area is 132 Å². The Hall–Kier alpha value is -1.61. The number of piperidine rings is 1. The summed E-state index contributed by atoms with van der Waals surface area (Å²) in [4.78, 5) is 10.7. The number of sulfonamides is 1. The van der Waals surface area contributed by atoms with E-state index in [1.165, 1.54) is 13.0 Å². The third-order valence-corrected chi connectivity index (χ3v) is 5.90. The number of halogens is 3. The number of hydrogen-bond donors (Lipinski definition) is 1. The summed E-state index contributed by atoms with van der Waals surface area (Å²) in [5.74, 6) is -0.887. The van der Waals surface area contributed by atoms with Crippen LogP contribution in [0, 0.1) is 12.8 Å². The lowest BCUT2D eigenvalue weighted by molar-refractivity contribution is -0.138. The molecule has 9 heteroatoms. The lowest BCUT2D eigenvalue weighted by Crippen LogP contribution is -2.41. The number of hydrogen-bond acceptors (Lipinski definition) is 3. The molecule has 1 aliphatic rings. The molecule has 0 radical (unpaired) electrons. The van der Waals surface area contributed by atoms with Crippen LogP contribution in [0.15, 0.2) is 23.1 Å². The molecule has 2 rings (SSSR count). The standard InChI is InChI=1S/C14H17F3N2O3S/c1-9-2-3-11(8-12(9)14(15,16)17)23(21,22)19-6-4-10(5-7-19)13(18)20/h2-3,8,10H,4-7H2,1H3,(H2,18,20). The van der Waals surface area contributed by atoms with Gasteiger partial charge in [-0.05, 0) is 37.5 Å². The highest BCUT2D eigenvalue weighted by Crippen LogP contribution is 2.34. The number of alkyl halides is 3. The van der Waals surface area contributed by atoms with Gasteiger partial charge in [-0.2, -0.15) is 17.5 Å². The van der Waals surface area contributed by atoms with Gasteiger partial charge in [0.1, 0.15) is 0 Å². The van der Waals surface area contributed by atoms with Crippen LogP contribution >= 0.6 is 0 Å². The number of rotatable bonds is 3. The minimum Gasteiger partial charge on any atom is -0.369 e. The molecular formula is C14H17F3N2O3S. The van der Waals surface area contributed by atoms with Crippen molar-refractivity contribution in [2.45, 2.75) is 30.8 Å². The molecule has 128 valence electrons. The highest BCUT2D eigenvalue weighted by Gasteiger charge is 2.36. The minimum absolute atomic E-state index is 0.0381. The molecule has 0 atom stereocenters. The topological polar surface area (TPSA) is 80.5 Å². The molecule has 1 amide bonds. The van der Waals surface area contributed by atoms with E-state index in [-0.39, 0.29) is 31.5 Å². The number of nitrogens with two attached hydrogens (primary N) is 1. The van der Waals surface area contributed by atoms with Gasteiger partial charge in [-0.1, -0.05) is 6.07 Å². The Kier molecular flexibility index (Phi) is 4.72. The first kappa shape index (κ1) is 17.7. The Morgan fingerprint density at radius 3 is 2.30 bits per heavy atom. The molecule has 1 heterocycles. The SMILES string of the molecule is Cc1ccc(S(=O)(=O)N2CCC(C(N)=O)CC2)cc1C(F)(F)F. The molecule has 1 saturated heterocycles. The van der Waals surface area contributed by atoms with Gasteiger partial charge in [-0.3, -0.25) is 4.79 Å². The smallest absolute Gasteiger partial charge is 0.369 e. The molecule has 0 unspecified atom stereocenters. The normalized spacial score (nSPS) is 18.1. The number of primary amides is 1. The average molecular weight is 350 g/mol. The number of nitrogens with zero attached hydrogens (tertiary/aromatic N) is 1. The third kappa shape index (κ3) is 3.66. The molecular weight excluding hydrogens is 333 g/mol. The van der Waals surface area contributed by atoms with Crippen molar-refractivity contribution in [2.75, 3.05) is 13.1 Å². The van der Waals surface area contributed by atoms with E-state index in [1.807, 2.05) is 0 Å². The largest absolute Gasteiger partial charge is 0.416 e. The predicted molar refractivity (Wildman–Crippen MR) is 76.9 cm³/mol. The van der Waals surface area contributed by atoms with Gasteiger partial charge < -0.3 is 5.73 Å². The van der Waals surface area contributed by atoms with E-state index >= 15 is 0 Å². The molecule has 2 N–H and O–H groups in total. The fourth-order valence-corrected chi connectivity index (χ4v) is 4.09. The maximum atomic E-state index is 12.9. The molecule has 0 saturated carbocycles. The van der Waals surface area contributed by atoms with E-state index < -0.39 is 38.5 Å². The molecule has 1 aliphatic heterocycles. The van der Waals surface area contributed by atoms with Crippen molar-refractivity contribution in [3.8, 4) is 0 Å². The van der Waals surface area contributed by atoms with Crippen LogP contribution in [0.5, 0.6) is 0 Å². The van der Waals surface area contributed by atoms with Crippen LogP contribution in [-0.2, 0) is 21.0 Å². The Bertz CT molecular complexity index is 708. The zero-order chi connectivity index (χ0) is 17.4. The summed E-state index contributed by atoms with van der Waals surface area (Å²) in [6.45, 7) is 1.40. The van der Waals surface area contributed by atoms with Crippen molar-refractivity contribution >= 4 is 15.9 Å². The van der Waals surface area contributed by atoms with Crippen molar-refractivity contribution in [1.82, 2.24) is 4.31 Å². The zero-order valence-corrected chi connectivity index (χ0v) is 13.2. The van der Waals surface area contributed by atoms with Crippen molar-refractivity contribution in [3.05, 3.63) is 29.3 Å². The average Bonchev–Trinajstić information content (AvgIpc) is 2.46. The van der Waals surface area contributed by atoms with E-state index in [1.54, 1.807) is 0 Å². The van der Waals surface area contributed by atoms with Crippen LogP contribution < -0.4 is 5.73 Å². The molecule has 1 fully saturated rings. The van der Waals surface area contributed by atoms with E-state index in [2.05, 4.69) is 0 Å². The molecule has 23 heavy (non-hydrogen) atoms. The first-order valence-corrected chi connectivity index (χ1v) is 8.45. The first-order valence-electron chi connectivity index (χ1n) is 7.01. The van der Waals surface area contributed by atoms with Gasteiger partial charge in [0, 0.05) is 19.0 Å². The van der Waals surface area contributed by atoms with Crippen LogP contribution in [0.1, 0.15) is 24.0 Å². The van der Waals surface area contributed by atoms with Crippen molar-refractivity contribution < 1.29 is 26.4 Å². The van der Waals surface area contributed by atoms with E-state index in [0.717, 1.165) is 10.4 Å². The Morgan fingerprint density at radius 1 is 1.26 bits per heavy atom. The highest BCUT2D eigenvalue weighted by molar-refractivity contribution is 7.89. The Morgan fingerprint density at radius 2 is 1.83 bits per heavy atom. The van der Waals surface area contributed by atoms with Gasteiger partial charge in [-0.25, -0.2) is 8.42 Å². The van der Waals surface area contributed by atoms with E-state index in [0.29, 0.717) is 6.07 Å². The number of aryl methyl sites for hydroxylation is 1. The maximum absolute atomic E-state index is 12.9. The zero-order valence-electron chi connectivity index (χ0n) is 12.4. The lowest BCUT2D eigenvalue weighted by atomic mass is 9.98. The fourth-order valence-electron chi connectivity index (χ4n) is 2.60. The Balaban J connectivity index is 2.29. The van der Waals surface area contributed by atoms with Gasteiger partial charge in [-0.15, -0.1) is 0 Å². The lowest BCUT2D eigenvalue weighted by Gasteiger charge is -2.30. The number of carbonyl (C=O) groups excluding carboxylic acids is 1. The number of carbonyl (C=O) groups is 1. The molecule has 0 spiro atoms. The van der Waals surface area contributed by atoms with E-state index in [4.69, 9.17) is 5.73 Å². The summed E-state index contributed by atoms with van der Waals surface area (Å²) in [6, 6.07) is 2.97. The second-order valence-electron chi connectivity index (χ2n) is 5.56. The minimum atomic E-state index is -4.62. The fraction of sp³-hybridized carbons (Fsp3) is 0.500. The van der Waals surface area contributed by atoms with Crippen LogP contribution in [0.25, 0.3) is 0 Å². The van der Waals surface area contributed by atoms with Gasteiger partial charge in [0.25, 0.3) is 0 Å². The van der Waals surface area contributed by atoms with Gasteiger partial charge in [0.15, 0.2) is 0 Å². The molecule has 1 aromatic carbocycles. The molecule has 0 aromatic heterocycles. The molecule has 1 aromatic rings. The summed E-state index contributed by atoms with van der Waals surface area (Å²) in [6.07, 6.45) is -4.08. The number of benzene rings is 1. The van der Waals surface area contributed by atoms with Crippen LogP contribution in [0.2, 0.25) is 0 Å². The molecule has 0 bridgehead atoms. The second-order valence-corrected chi connectivity index (χ2v) is 7.49. The summed E-state index contributed by atoms with van der Waals surface area (Å²) < 4.78 is 64.9. The first-order chi connectivity index (χ1) is 10.5. The van der Waals surface area contributed by atoms with Crippen LogP contribution in [-0.4, -0.2) is 31.7 Å². The summed E-state index contributed by atoms with van der Waals surface area (Å²) in [7, 11) is -4.03. The maximum Gasteiger partial charge on any atom is 0.416 e.